The van der Waals surface area contributed by atoms with Crippen LogP contribution in [0.25, 0.3) is 0 Å². The molecule has 3 fully saturated rings. The summed E-state index contributed by atoms with van der Waals surface area (Å²) in [5, 5.41) is 9.89. The van der Waals surface area contributed by atoms with Gasteiger partial charge in [0.1, 0.15) is 6.07 Å². The van der Waals surface area contributed by atoms with E-state index < -0.39 is 63.7 Å². The van der Waals surface area contributed by atoms with E-state index in [0.29, 0.717) is 25.7 Å². The van der Waals surface area contributed by atoms with Crippen LogP contribution in [0.2, 0.25) is 0 Å². The minimum absolute atomic E-state index is 0.0488. The van der Waals surface area contributed by atoms with Gasteiger partial charge in [0.15, 0.2) is 11.6 Å². The molecule has 0 unspecified atom stereocenters. The quantitative estimate of drug-likeness (QED) is 0.382. The summed E-state index contributed by atoms with van der Waals surface area (Å²) in [6.07, 6.45) is 3.60. The number of fused-ring (bicyclic) bond motifs is 7. The average Bonchev–Trinajstić information content (AvgIpc) is 2.80. The molecule has 0 radical (unpaired) electrons. The molecule has 5 heteroatoms. The number of carbonyl (C=O) groups is 3. The monoisotopic (exact) mass is 510 g/mol. The maximum Gasteiger partial charge on any atom is 0.312 e. The van der Waals surface area contributed by atoms with Crippen molar-refractivity contribution in [2.24, 2.45) is 50.2 Å². The zero-order valence-electron chi connectivity index (χ0n) is 28.2. The lowest BCUT2D eigenvalue weighted by atomic mass is 9.34. The predicted octanol–water partition coefficient (Wildman–Crippen LogP) is 6.38. The Balaban J connectivity index is 1.73. The first-order valence-electron chi connectivity index (χ1n) is 16.1. The van der Waals surface area contributed by atoms with Crippen molar-refractivity contribution in [2.45, 2.75) is 93.4 Å². The van der Waals surface area contributed by atoms with Crippen LogP contribution in [0.15, 0.2) is 23.3 Å². The van der Waals surface area contributed by atoms with Crippen molar-refractivity contribution in [3.63, 3.8) is 0 Å². The third-order valence-electron chi connectivity index (χ3n) is 11.8. The number of rotatable bonds is 1. The second-order valence-corrected chi connectivity index (χ2v) is 14.5. The summed E-state index contributed by atoms with van der Waals surface area (Å²) < 4.78 is 46.3. The molecular weight excluding hydrogens is 462 g/mol. The smallest absolute Gasteiger partial charge is 0.312 e. The summed E-state index contributed by atoms with van der Waals surface area (Å²) in [6, 6.07) is 2.10. The molecule has 0 aromatic rings. The summed E-state index contributed by atoms with van der Waals surface area (Å²) in [6.45, 7) is 13.9. The summed E-state index contributed by atoms with van der Waals surface area (Å²) in [7, 11) is -3.03. The molecule has 0 saturated heterocycles. The minimum Gasteiger partial charge on any atom is -0.469 e. The van der Waals surface area contributed by atoms with E-state index in [2.05, 4.69) is 19.9 Å². The number of nitriles is 1. The number of nitrogens with zero attached hydrogens (tertiary/aromatic N) is 1. The summed E-state index contributed by atoms with van der Waals surface area (Å²) >= 11 is 0. The molecule has 0 bridgehead atoms. The van der Waals surface area contributed by atoms with Gasteiger partial charge in [0.25, 0.3) is 0 Å². The number of ether oxygens (including phenoxy) is 1. The Kier molecular flexibility index (Phi) is 4.29. The molecule has 0 aliphatic heterocycles. The number of allylic oxidation sites excluding steroid dienone is 4. The van der Waals surface area contributed by atoms with E-state index in [1.165, 1.54) is 0 Å². The molecule has 3 saturated carbocycles. The van der Waals surface area contributed by atoms with Crippen molar-refractivity contribution in [3.8, 4) is 6.07 Å². The van der Waals surface area contributed by atoms with Gasteiger partial charge < -0.3 is 4.74 Å². The van der Waals surface area contributed by atoms with E-state index in [1.54, 1.807) is 12.2 Å². The van der Waals surface area contributed by atoms with E-state index >= 15 is 0 Å². The molecule has 0 N–H and O–H groups in total. The highest BCUT2D eigenvalue weighted by Crippen LogP contribution is 2.74. The normalized spacial score (nSPS) is 49.4. The van der Waals surface area contributed by atoms with Gasteiger partial charge in [-0.25, -0.2) is 0 Å². The fourth-order valence-electron chi connectivity index (χ4n) is 9.68. The summed E-state index contributed by atoms with van der Waals surface area (Å²) in [5.74, 6) is -3.04. The Morgan fingerprint density at radius 2 is 1.81 bits per heavy atom. The number of ketones is 2. The van der Waals surface area contributed by atoms with E-state index in [4.69, 9.17) is 8.85 Å². The van der Waals surface area contributed by atoms with Crippen LogP contribution in [0, 0.1) is 61.6 Å². The second kappa shape index (κ2) is 7.67. The molecule has 7 atom stereocenters. The number of esters is 1. The SMILES string of the molecule is [2H]C([2H])([2H])OC(=O)[C@@]12CC[C@]3(C)[C@H](C(=O)C=C4[C@@]5(C)C=C(C#N)C(=O)C(C)(C)[C@@H]5CC[C@]43C)[C@@H]1CC(C)(C)CC2([2H])[2H]. The standard InChI is InChI=1S/C32H43NO4/c1-27(2)11-13-32(26(36)37-8)14-12-31(7)24(20(32)17-27)21(34)15-23-29(5)16-19(18-33)25(35)28(3,4)22(29)9-10-30(23,31)6/h15-16,20,22,24H,9-14,17H2,1-8H3/t20-,22-,24-,29-,30+,31+,32-/m0/s1/i8D3,13D2. The zero-order valence-corrected chi connectivity index (χ0v) is 23.2. The molecule has 0 heterocycles. The molecule has 5 nitrogen and oxygen atoms in total. The molecule has 5 rings (SSSR count). The van der Waals surface area contributed by atoms with Gasteiger partial charge in [-0.15, -0.1) is 0 Å². The lowest BCUT2D eigenvalue weighted by Crippen LogP contribution is -2.65. The van der Waals surface area contributed by atoms with Crippen LogP contribution in [-0.4, -0.2) is 24.6 Å². The van der Waals surface area contributed by atoms with Crippen molar-refractivity contribution in [1.82, 2.24) is 0 Å². The zero-order chi connectivity index (χ0) is 31.7. The van der Waals surface area contributed by atoms with Crippen LogP contribution in [0.3, 0.4) is 0 Å². The van der Waals surface area contributed by atoms with Gasteiger partial charge in [0, 0.05) is 19.5 Å². The number of methoxy groups -OCH3 is 1. The molecule has 0 aromatic heterocycles. The van der Waals surface area contributed by atoms with Crippen LogP contribution in [-0.2, 0) is 19.1 Å². The van der Waals surface area contributed by atoms with E-state index in [1.807, 2.05) is 34.6 Å². The van der Waals surface area contributed by atoms with E-state index in [0.717, 1.165) is 5.57 Å². The molecule has 5 aliphatic rings. The highest BCUT2D eigenvalue weighted by molar-refractivity contribution is 6.04. The molecule has 0 amide bonds. The Hall–Kier alpha value is -2.22. The van der Waals surface area contributed by atoms with Gasteiger partial charge in [-0.3, -0.25) is 14.4 Å². The fourth-order valence-corrected chi connectivity index (χ4v) is 9.68. The predicted molar refractivity (Wildman–Crippen MR) is 141 cm³/mol. The minimum atomic E-state index is -3.03. The fraction of sp³-hybridized carbons (Fsp3) is 0.750. The first kappa shape index (κ1) is 20.7. The van der Waals surface area contributed by atoms with Gasteiger partial charge in [0.2, 0.25) is 0 Å². The maximum absolute atomic E-state index is 14.5. The van der Waals surface area contributed by atoms with Crippen LogP contribution in [0.5, 0.6) is 0 Å². The average molecular weight is 511 g/mol. The summed E-state index contributed by atoms with van der Waals surface area (Å²) in [4.78, 5) is 41.6. The van der Waals surface area contributed by atoms with Gasteiger partial charge in [-0.1, -0.05) is 60.1 Å². The number of Topliss-reactive ketones (excluding diaryl/α,β-unsaturated/α-hetero) is 1. The van der Waals surface area contributed by atoms with Crippen LogP contribution in [0.4, 0.5) is 0 Å². The maximum atomic E-state index is 14.5. The molecular formula is C32H43NO4. The number of carbonyl (C=O) groups excluding carboxylic acids is 3. The third kappa shape index (κ3) is 3.11. The highest BCUT2D eigenvalue weighted by atomic mass is 16.5. The molecule has 0 aromatic carbocycles. The Morgan fingerprint density at radius 1 is 1.11 bits per heavy atom. The van der Waals surface area contributed by atoms with Gasteiger partial charge >= 0.3 is 5.97 Å². The molecule has 5 aliphatic carbocycles. The van der Waals surface area contributed by atoms with Crippen LogP contribution >= 0.6 is 0 Å². The van der Waals surface area contributed by atoms with Crippen molar-refractivity contribution in [1.29, 1.82) is 5.26 Å². The molecule has 200 valence electrons. The second-order valence-electron chi connectivity index (χ2n) is 14.5. The number of hydrogen-bond donors (Lipinski definition) is 0. The van der Waals surface area contributed by atoms with Crippen molar-refractivity contribution < 1.29 is 26.0 Å². The Labute approximate surface area is 229 Å². The Bertz CT molecular complexity index is 1390. The third-order valence-corrected chi connectivity index (χ3v) is 11.8. The molecule has 37 heavy (non-hydrogen) atoms. The van der Waals surface area contributed by atoms with Crippen molar-refractivity contribution in [3.05, 3.63) is 23.3 Å². The van der Waals surface area contributed by atoms with Gasteiger partial charge in [0.05, 0.1) is 22.1 Å². The summed E-state index contributed by atoms with van der Waals surface area (Å²) in [5.41, 5.74) is -4.02. The lowest BCUT2D eigenvalue weighted by molar-refractivity contribution is -0.191. The first-order valence-corrected chi connectivity index (χ1v) is 13.6. The van der Waals surface area contributed by atoms with E-state index in [9.17, 15) is 22.4 Å². The van der Waals surface area contributed by atoms with Crippen molar-refractivity contribution >= 4 is 17.5 Å². The topological polar surface area (TPSA) is 84.2 Å². The van der Waals surface area contributed by atoms with Gasteiger partial charge in [-0.2, -0.15) is 5.26 Å². The molecule has 0 spiro atoms. The first-order chi connectivity index (χ1) is 18.9. The van der Waals surface area contributed by atoms with Crippen molar-refractivity contribution in [2.75, 3.05) is 7.04 Å². The van der Waals surface area contributed by atoms with Gasteiger partial charge in [-0.05, 0) is 79.1 Å². The lowest BCUT2D eigenvalue weighted by Gasteiger charge is -2.68. The Morgan fingerprint density at radius 3 is 2.46 bits per heavy atom. The number of hydrogen-bond acceptors (Lipinski definition) is 5. The van der Waals surface area contributed by atoms with E-state index in [-0.39, 0.29) is 35.9 Å². The largest absolute Gasteiger partial charge is 0.469 e. The van der Waals surface area contributed by atoms with Crippen LogP contribution in [0.1, 0.15) is 100 Å². The highest BCUT2D eigenvalue weighted by Gasteiger charge is 2.71. The van der Waals surface area contributed by atoms with Crippen LogP contribution < -0.4 is 0 Å².